The molecule has 1 aliphatic carbocycles. The van der Waals surface area contributed by atoms with Crippen molar-refractivity contribution >= 4 is 16.7 Å². The van der Waals surface area contributed by atoms with Gasteiger partial charge >= 0.3 is 0 Å². The van der Waals surface area contributed by atoms with Crippen molar-refractivity contribution in [2.24, 2.45) is 0 Å². The van der Waals surface area contributed by atoms with Crippen LogP contribution in [0.25, 0.3) is 10.9 Å². The Kier molecular flexibility index (Phi) is 4.76. The molecule has 158 valence electrons. The number of rotatable bonds is 5. The number of fused-ring (bicyclic) bond motifs is 1. The Morgan fingerprint density at radius 2 is 1.83 bits per heavy atom. The van der Waals surface area contributed by atoms with Crippen molar-refractivity contribution in [3.05, 3.63) is 63.3 Å². The Labute approximate surface area is 168 Å². The Balaban J connectivity index is 1.82. The predicted molar refractivity (Wildman–Crippen MR) is 101 cm³/mol. The third-order valence-corrected chi connectivity index (χ3v) is 5.35. The van der Waals surface area contributed by atoms with Crippen LogP contribution in [0.3, 0.4) is 0 Å². The highest BCUT2D eigenvalue weighted by molar-refractivity contribution is 5.88. The molecule has 0 radical (unpaired) electrons. The molecule has 1 aliphatic rings. The van der Waals surface area contributed by atoms with E-state index in [1.54, 1.807) is 0 Å². The molecule has 2 aromatic heterocycles. The molecular formula is C20H18F4N4O2. The molecule has 1 unspecified atom stereocenters. The van der Waals surface area contributed by atoms with Gasteiger partial charge in [-0.05, 0) is 26.7 Å². The highest BCUT2D eigenvalue weighted by atomic mass is 19.3. The van der Waals surface area contributed by atoms with Crippen LogP contribution in [0.5, 0.6) is 0 Å². The number of aryl methyl sites for hydroxylation is 1. The van der Waals surface area contributed by atoms with Crippen molar-refractivity contribution in [1.82, 2.24) is 14.5 Å². The van der Waals surface area contributed by atoms with Gasteiger partial charge in [0.05, 0.1) is 10.9 Å². The summed E-state index contributed by atoms with van der Waals surface area (Å²) >= 11 is 0. The van der Waals surface area contributed by atoms with E-state index in [0.29, 0.717) is 12.8 Å². The maximum Gasteiger partial charge on any atom is 0.289 e. The number of hydrogen-bond donors (Lipinski definition) is 2. The van der Waals surface area contributed by atoms with Crippen LogP contribution in [0.1, 0.15) is 49.4 Å². The first-order valence-electron chi connectivity index (χ1n) is 9.23. The maximum absolute atomic E-state index is 14.8. The van der Waals surface area contributed by atoms with Gasteiger partial charge < -0.3 is 15.0 Å². The molecule has 0 aliphatic heterocycles. The van der Waals surface area contributed by atoms with E-state index in [1.165, 1.54) is 23.8 Å². The quantitative estimate of drug-likeness (QED) is 0.481. The van der Waals surface area contributed by atoms with E-state index in [0.717, 1.165) is 12.1 Å². The smallest absolute Gasteiger partial charge is 0.289 e. The number of alkyl halides is 2. The topological polar surface area (TPSA) is 80.0 Å². The van der Waals surface area contributed by atoms with Crippen molar-refractivity contribution in [1.29, 1.82) is 0 Å². The molecule has 2 heterocycles. The Morgan fingerprint density at radius 1 is 1.17 bits per heavy atom. The average molecular weight is 422 g/mol. The number of nitrogens with one attached hydrogen (secondary N) is 1. The van der Waals surface area contributed by atoms with Crippen LogP contribution in [0.2, 0.25) is 0 Å². The number of nitrogens with zero attached hydrogens (tertiary/aromatic N) is 3. The summed E-state index contributed by atoms with van der Waals surface area (Å²) in [5.41, 5.74) is -2.85. The second-order valence-electron chi connectivity index (χ2n) is 7.59. The van der Waals surface area contributed by atoms with Crippen LogP contribution >= 0.6 is 0 Å². The zero-order chi connectivity index (χ0) is 21.8. The second-order valence-corrected chi connectivity index (χ2v) is 7.59. The summed E-state index contributed by atoms with van der Waals surface area (Å²) in [7, 11) is 0. The Hall–Kier alpha value is -3.01. The van der Waals surface area contributed by atoms with Crippen molar-refractivity contribution in [2.75, 3.05) is 5.32 Å². The van der Waals surface area contributed by atoms with Gasteiger partial charge in [0, 0.05) is 17.3 Å². The number of aliphatic hydroxyl groups is 1. The predicted octanol–water partition coefficient (Wildman–Crippen LogP) is 3.93. The van der Waals surface area contributed by atoms with Crippen molar-refractivity contribution in [3.8, 4) is 0 Å². The Bertz CT molecular complexity index is 1210. The van der Waals surface area contributed by atoms with Gasteiger partial charge in [-0.15, -0.1) is 0 Å². The summed E-state index contributed by atoms with van der Waals surface area (Å²) in [6, 6.07) is 3.27. The SMILES string of the molecule is Cc1nc(NC(O)c2cccc(C(F)F)c2F)c2cn(C3(C)CC3)c(=O)c(F)c2n1. The van der Waals surface area contributed by atoms with Gasteiger partial charge in [-0.1, -0.05) is 18.2 Å². The fourth-order valence-corrected chi connectivity index (χ4v) is 3.35. The van der Waals surface area contributed by atoms with E-state index in [-0.39, 0.29) is 22.5 Å². The van der Waals surface area contributed by atoms with Crippen LogP contribution in [0.15, 0.2) is 29.2 Å². The van der Waals surface area contributed by atoms with Crippen molar-refractivity contribution < 1.29 is 22.7 Å². The molecule has 4 rings (SSSR count). The third-order valence-electron chi connectivity index (χ3n) is 5.35. The highest BCUT2D eigenvalue weighted by Crippen LogP contribution is 2.42. The summed E-state index contributed by atoms with van der Waals surface area (Å²) in [6.07, 6.45) is -2.01. The molecule has 30 heavy (non-hydrogen) atoms. The minimum absolute atomic E-state index is 0.0521. The van der Waals surface area contributed by atoms with Gasteiger partial charge in [0.15, 0.2) is 6.23 Å². The van der Waals surface area contributed by atoms with E-state index < -0.39 is 46.5 Å². The molecule has 10 heteroatoms. The lowest BCUT2D eigenvalue weighted by molar-refractivity contribution is 0.144. The molecule has 0 spiro atoms. The first kappa shape index (κ1) is 20.3. The zero-order valence-corrected chi connectivity index (χ0v) is 16.1. The maximum atomic E-state index is 14.8. The molecule has 0 saturated heterocycles. The van der Waals surface area contributed by atoms with Crippen LogP contribution in [-0.4, -0.2) is 19.6 Å². The fourth-order valence-electron chi connectivity index (χ4n) is 3.35. The van der Waals surface area contributed by atoms with E-state index in [9.17, 15) is 27.5 Å². The molecule has 0 bridgehead atoms. The molecule has 1 saturated carbocycles. The van der Waals surface area contributed by atoms with Crippen LogP contribution in [0.4, 0.5) is 23.4 Å². The van der Waals surface area contributed by atoms with Gasteiger partial charge in [0.1, 0.15) is 23.0 Å². The van der Waals surface area contributed by atoms with Gasteiger partial charge in [-0.25, -0.2) is 23.1 Å². The number of aromatic nitrogens is 3. The lowest BCUT2D eigenvalue weighted by Crippen LogP contribution is -2.30. The fraction of sp³-hybridized carbons (Fsp3) is 0.350. The van der Waals surface area contributed by atoms with E-state index in [1.807, 2.05) is 6.92 Å². The molecule has 3 aromatic rings. The van der Waals surface area contributed by atoms with E-state index in [2.05, 4.69) is 15.3 Å². The minimum Gasteiger partial charge on any atom is -0.369 e. The van der Waals surface area contributed by atoms with Gasteiger partial charge in [-0.3, -0.25) is 4.79 Å². The number of pyridine rings is 1. The Morgan fingerprint density at radius 3 is 2.47 bits per heavy atom. The minimum atomic E-state index is -3.05. The summed E-state index contributed by atoms with van der Waals surface area (Å²) in [5, 5.41) is 13.1. The largest absolute Gasteiger partial charge is 0.369 e. The molecule has 2 N–H and O–H groups in total. The lowest BCUT2D eigenvalue weighted by atomic mass is 10.1. The molecule has 6 nitrogen and oxygen atoms in total. The molecular weight excluding hydrogens is 404 g/mol. The number of hydrogen-bond acceptors (Lipinski definition) is 5. The first-order valence-corrected chi connectivity index (χ1v) is 9.23. The average Bonchev–Trinajstić information content (AvgIpc) is 3.43. The summed E-state index contributed by atoms with van der Waals surface area (Å²) in [6.45, 7) is 3.27. The summed E-state index contributed by atoms with van der Waals surface area (Å²) < 4.78 is 56.4. The van der Waals surface area contributed by atoms with Gasteiger partial charge in [-0.2, -0.15) is 4.39 Å². The highest BCUT2D eigenvalue weighted by Gasteiger charge is 2.41. The van der Waals surface area contributed by atoms with E-state index >= 15 is 0 Å². The number of benzene rings is 1. The molecule has 1 fully saturated rings. The van der Waals surface area contributed by atoms with Crippen LogP contribution in [0, 0.1) is 18.6 Å². The van der Waals surface area contributed by atoms with Crippen molar-refractivity contribution in [3.63, 3.8) is 0 Å². The number of anilines is 1. The van der Waals surface area contributed by atoms with Gasteiger partial charge in [0.2, 0.25) is 5.82 Å². The van der Waals surface area contributed by atoms with Gasteiger partial charge in [0.25, 0.3) is 12.0 Å². The van der Waals surface area contributed by atoms with Crippen molar-refractivity contribution in [2.45, 2.75) is 44.9 Å². The molecule has 0 amide bonds. The second kappa shape index (κ2) is 7.05. The normalized spacial score (nSPS) is 16.1. The summed E-state index contributed by atoms with van der Waals surface area (Å²) in [4.78, 5) is 20.5. The molecule has 1 atom stereocenters. The number of aliphatic hydroxyl groups excluding tert-OH is 1. The summed E-state index contributed by atoms with van der Waals surface area (Å²) in [5.74, 6) is -2.26. The van der Waals surface area contributed by atoms with Crippen LogP contribution < -0.4 is 10.9 Å². The standard InChI is InChI=1S/C20H18F4N4O2/c1-9-25-15-12(8-28(19(30)14(15)22)20(2)6-7-20)17(26-9)27-18(29)11-5-3-4-10(13(11)21)16(23)24/h3-5,8,16,18,29H,6-7H2,1-2H3,(H,25,26,27). The first-order chi connectivity index (χ1) is 14.1. The number of halogens is 4. The van der Waals surface area contributed by atoms with Crippen LogP contribution in [-0.2, 0) is 5.54 Å². The molecule has 1 aromatic carbocycles. The monoisotopic (exact) mass is 422 g/mol. The lowest BCUT2D eigenvalue weighted by Gasteiger charge is -2.19. The van der Waals surface area contributed by atoms with E-state index in [4.69, 9.17) is 0 Å². The zero-order valence-electron chi connectivity index (χ0n) is 16.1. The third kappa shape index (κ3) is 3.30.